The van der Waals surface area contributed by atoms with Gasteiger partial charge in [0.2, 0.25) is 0 Å². The molecular formula is C17H18ClN3O2. The lowest BCUT2D eigenvalue weighted by molar-refractivity contribution is 0.0954. The molecule has 0 heterocycles. The van der Waals surface area contributed by atoms with Crippen LogP contribution in [0.2, 0.25) is 5.02 Å². The summed E-state index contributed by atoms with van der Waals surface area (Å²) in [5.74, 6) is -0.267. The lowest BCUT2D eigenvalue weighted by Gasteiger charge is -2.09. The maximum Gasteiger partial charge on any atom is 0.319 e. The van der Waals surface area contributed by atoms with E-state index in [4.69, 9.17) is 11.6 Å². The monoisotopic (exact) mass is 331 g/mol. The van der Waals surface area contributed by atoms with Gasteiger partial charge in [-0.15, -0.1) is 0 Å². The molecule has 0 bridgehead atoms. The van der Waals surface area contributed by atoms with Gasteiger partial charge < -0.3 is 16.0 Å². The van der Waals surface area contributed by atoms with Crippen LogP contribution in [0.4, 0.5) is 10.5 Å². The molecule has 0 saturated carbocycles. The van der Waals surface area contributed by atoms with Gasteiger partial charge in [-0.2, -0.15) is 0 Å². The highest BCUT2D eigenvalue weighted by molar-refractivity contribution is 6.33. The quantitative estimate of drug-likeness (QED) is 0.736. The lowest BCUT2D eigenvalue weighted by atomic mass is 10.2. The van der Waals surface area contributed by atoms with Crippen molar-refractivity contribution in [2.45, 2.75) is 6.92 Å². The van der Waals surface area contributed by atoms with Crippen molar-refractivity contribution in [2.75, 3.05) is 18.4 Å². The van der Waals surface area contributed by atoms with Crippen molar-refractivity contribution in [1.82, 2.24) is 10.6 Å². The molecule has 0 radical (unpaired) electrons. The van der Waals surface area contributed by atoms with Crippen LogP contribution in [0.15, 0.2) is 48.5 Å². The van der Waals surface area contributed by atoms with E-state index in [2.05, 4.69) is 16.0 Å². The van der Waals surface area contributed by atoms with E-state index in [0.717, 1.165) is 11.3 Å². The van der Waals surface area contributed by atoms with E-state index < -0.39 is 0 Å². The van der Waals surface area contributed by atoms with Crippen molar-refractivity contribution >= 4 is 29.2 Å². The molecule has 0 atom stereocenters. The second-order valence-corrected chi connectivity index (χ2v) is 5.39. The first-order valence-corrected chi connectivity index (χ1v) is 7.58. The highest BCUT2D eigenvalue weighted by atomic mass is 35.5. The van der Waals surface area contributed by atoms with Gasteiger partial charge in [0.15, 0.2) is 0 Å². The predicted molar refractivity (Wildman–Crippen MR) is 92.0 cm³/mol. The molecule has 0 aliphatic carbocycles. The van der Waals surface area contributed by atoms with E-state index in [1.165, 1.54) is 0 Å². The van der Waals surface area contributed by atoms with Crippen LogP contribution in [0.5, 0.6) is 0 Å². The minimum Gasteiger partial charge on any atom is -0.350 e. The maximum atomic E-state index is 11.9. The number of carbonyl (C=O) groups is 2. The third-order valence-electron chi connectivity index (χ3n) is 3.09. The molecule has 23 heavy (non-hydrogen) atoms. The normalized spacial score (nSPS) is 10.0. The van der Waals surface area contributed by atoms with E-state index in [1.807, 2.05) is 31.2 Å². The fourth-order valence-electron chi connectivity index (χ4n) is 1.99. The number of carbonyl (C=O) groups excluding carboxylic acids is 2. The molecule has 3 amide bonds. The smallest absolute Gasteiger partial charge is 0.319 e. The number of nitrogens with one attached hydrogen (secondary N) is 3. The second kappa shape index (κ2) is 8.19. The molecule has 2 aromatic rings. The molecule has 3 N–H and O–H groups in total. The Hall–Kier alpha value is -2.53. The first-order valence-electron chi connectivity index (χ1n) is 7.20. The number of aryl methyl sites for hydroxylation is 1. The van der Waals surface area contributed by atoms with Gasteiger partial charge >= 0.3 is 6.03 Å². The molecule has 2 rings (SSSR count). The van der Waals surface area contributed by atoms with Crippen molar-refractivity contribution in [3.8, 4) is 0 Å². The van der Waals surface area contributed by atoms with Crippen LogP contribution in [-0.2, 0) is 0 Å². The van der Waals surface area contributed by atoms with Crippen LogP contribution in [0, 0.1) is 6.92 Å². The Labute approximate surface area is 140 Å². The zero-order valence-electron chi connectivity index (χ0n) is 12.7. The number of benzene rings is 2. The van der Waals surface area contributed by atoms with Crippen molar-refractivity contribution in [1.29, 1.82) is 0 Å². The van der Waals surface area contributed by atoms with Crippen molar-refractivity contribution in [3.05, 3.63) is 64.7 Å². The third-order valence-corrected chi connectivity index (χ3v) is 3.42. The Balaban J connectivity index is 1.72. The summed E-state index contributed by atoms with van der Waals surface area (Å²) in [4.78, 5) is 23.7. The molecule has 0 saturated heterocycles. The first-order chi connectivity index (χ1) is 11.1. The summed E-state index contributed by atoms with van der Waals surface area (Å²) in [6.45, 7) is 2.58. The molecule has 0 aliphatic heterocycles. The van der Waals surface area contributed by atoms with Crippen LogP contribution in [0.3, 0.4) is 0 Å². The predicted octanol–water partition coefficient (Wildman–Crippen LogP) is 3.20. The van der Waals surface area contributed by atoms with Crippen molar-refractivity contribution < 1.29 is 9.59 Å². The molecule has 2 aromatic carbocycles. The van der Waals surface area contributed by atoms with E-state index >= 15 is 0 Å². The van der Waals surface area contributed by atoms with Crippen molar-refractivity contribution in [3.63, 3.8) is 0 Å². The number of halogens is 1. The Morgan fingerprint density at radius 2 is 1.74 bits per heavy atom. The van der Waals surface area contributed by atoms with E-state index in [9.17, 15) is 9.59 Å². The van der Waals surface area contributed by atoms with E-state index in [1.54, 1.807) is 24.3 Å². The zero-order chi connectivity index (χ0) is 16.7. The SMILES string of the molecule is Cc1cccc(NC(=O)NCCNC(=O)c2ccccc2Cl)c1. The molecule has 0 unspecified atom stereocenters. The fraction of sp³-hybridized carbons (Fsp3) is 0.176. The summed E-state index contributed by atoms with van der Waals surface area (Å²) >= 11 is 5.94. The lowest BCUT2D eigenvalue weighted by Crippen LogP contribution is -2.36. The fourth-order valence-corrected chi connectivity index (χ4v) is 2.21. The van der Waals surface area contributed by atoms with Gasteiger partial charge in [0, 0.05) is 18.8 Å². The zero-order valence-corrected chi connectivity index (χ0v) is 13.5. The Bertz CT molecular complexity index is 704. The third kappa shape index (κ3) is 5.30. The summed E-state index contributed by atoms with van der Waals surface area (Å²) < 4.78 is 0. The van der Waals surface area contributed by atoms with Crippen molar-refractivity contribution in [2.24, 2.45) is 0 Å². The molecule has 0 aliphatic rings. The Morgan fingerprint density at radius 3 is 2.48 bits per heavy atom. The minimum atomic E-state index is -0.317. The van der Waals surface area contributed by atoms with Crippen LogP contribution >= 0.6 is 11.6 Å². The van der Waals surface area contributed by atoms with Crippen LogP contribution in [0.25, 0.3) is 0 Å². The average molecular weight is 332 g/mol. The largest absolute Gasteiger partial charge is 0.350 e. The number of anilines is 1. The summed E-state index contributed by atoms with van der Waals surface area (Å²) in [5, 5.41) is 8.50. The van der Waals surface area contributed by atoms with Crippen LogP contribution in [-0.4, -0.2) is 25.0 Å². The minimum absolute atomic E-state index is 0.267. The number of hydrogen-bond donors (Lipinski definition) is 3. The summed E-state index contributed by atoms with van der Waals surface area (Å²) in [6, 6.07) is 14.0. The highest BCUT2D eigenvalue weighted by Crippen LogP contribution is 2.14. The topological polar surface area (TPSA) is 70.2 Å². The maximum absolute atomic E-state index is 11.9. The number of hydrogen-bond acceptors (Lipinski definition) is 2. The molecular weight excluding hydrogens is 314 g/mol. The van der Waals surface area contributed by atoms with Gasteiger partial charge in [-0.05, 0) is 36.8 Å². The van der Waals surface area contributed by atoms with Gasteiger partial charge in [0.05, 0.1) is 10.6 Å². The first kappa shape index (κ1) is 16.8. The van der Waals surface area contributed by atoms with E-state index in [-0.39, 0.29) is 11.9 Å². The summed E-state index contributed by atoms with van der Waals surface area (Å²) in [5.41, 5.74) is 2.20. The second-order valence-electron chi connectivity index (χ2n) is 4.99. The Kier molecular flexibility index (Phi) is 6.00. The van der Waals surface area contributed by atoms with Gasteiger partial charge in [0.1, 0.15) is 0 Å². The van der Waals surface area contributed by atoms with Gasteiger partial charge in [-0.25, -0.2) is 4.79 Å². The number of rotatable bonds is 5. The van der Waals surface area contributed by atoms with Gasteiger partial charge in [0.25, 0.3) is 5.91 Å². The number of urea groups is 1. The summed E-state index contributed by atoms with van der Waals surface area (Å²) in [6.07, 6.45) is 0. The summed E-state index contributed by atoms with van der Waals surface area (Å²) in [7, 11) is 0. The van der Waals surface area contributed by atoms with E-state index in [0.29, 0.717) is 23.7 Å². The number of amides is 3. The molecule has 5 nitrogen and oxygen atoms in total. The molecule has 0 fully saturated rings. The van der Waals surface area contributed by atoms with Gasteiger partial charge in [-0.3, -0.25) is 4.79 Å². The highest BCUT2D eigenvalue weighted by Gasteiger charge is 2.08. The van der Waals surface area contributed by atoms with Gasteiger partial charge in [-0.1, -0.05) is 35.9 Å². The standard InChI is InChI=1S/C17H18ClN3O2/c1-12-5-4-6-13(11-12)21-17(23)20-10-9-19-16(22)14-7-2-3-8-15(14)18/h2-8,11H,9-10H2,1H3,(H,19,22)(H2,20,21,23). The molecule has 0 aromatic heterocycles. The molecule has 120 valence electrons. The molecule has 6 heteroatoms. The Morgan fingerprint density at radius 1 is 1.00 bits per heavy atom. The average Bonchev–Trinajstić information content (AvgIpc) is 2.52. The molecule has 0 spiro atoms. The van der Waals surface area contributed by atoms with Crippen LogP contribution in [0.1, 0.15) is 15.9 Å². The van der Waals surface area contributed by atoms with Crippen LogP contribution < -0.4 is 16.0 Å².